The molecule has 1 atom stereocenters. The van der Waals surface area contributed by atoms with Gasteiger partial charge in [0.05, 0.1) is 42.1 Å². The fourth-order valence-electron chi connectivity index (χ4n) is 3.90. The van der Waals surface area contributed by atoms with Gasteiger partial charge >= 0.3 is 0 Å². The molecule has 1 aliphatic rings. The summed E-state index contributed by atoms with van der Waals surface area (Å²) in [4.78, 5) is 27.0. The van der Waals surface area contributed by atoms with Crippen LogP contribution in [0, 0.1) is 17.5 Å². The lowest BCUT2D eigenvalue weighted by atomic mass is 9.94. The highest BCUT2D eigenvalue weighted by molar-refractivity contribution is 6.51. The van der Waals surface area contributed by atoms with Crippen LogP contribution in [-0.2, 0) is 9.59 Å². The van der Waals surface area contributed by atoms with Crippen molar-refractivity contribution < 1.29 is 37.3 Å². The summed E-state index contributed by atoms with van der Waals surface area (Å²) < 4.78 is 52.8. The van der Waals surface area contributed by atoms with Gasteiger partial charge in [0.15, 0.2) is 0 Å². The van der Waals surface area contributed by atoms with E-state index >= 15 is 0 Å². The van der Waals surface area contributed by atoms with Gasteiger partial charge in [-0.05, 0) is 35.9 Å². The van der Waals surface area contributed by atoms with Crippen molar-refractivity contribution in [3.05, 3.63) is 93.8 Å². The van der Waals surface area contributed by atoms with Crippen molar-refractivity contribution in [2.75, 3.05) is 19.1 Å². The average Bonchev–Trinajstić information content (AvgIpc) is 3.10. The van der Waals surface area contributed by atoms with Crippen molar-refractivity contribution in [3.63, 3.8) is 0 Å². The second kappa shape index (κ2) is 9.34. The third kappa shape index (κ3) is 4.19. The van der Waals surface area contributed by atoms with Gasteiger partial charge in [0.1, 0.15) is 34.7 Å². The van der Waals surface area contributed by atoms with Crippen LogP contribution in [0.2, 0.25) is 5.02 Å². The molecule has 1 unspecified atom stereocenters. The number of aliphatic hydroxyl groups excluding tert-OH is 1. The molecule has 1 N–H and O–H groups in total. The predicted octanol–water partition coefficient (Wildman–Crippen LogP) is 5.40. The Hall–Kier alpha value is -3.98. The molecule has 1 fully saturated rings. The van der Waals surface area contributed by atoms with Crippen molar-refractivity contribution in [1.29, 1.82) is 0 Å². The topological polar surface area (TPSA) is 76.1 Å². The lowest BCUT2D eigenvalue weighted by Crippen LogP contribution is -2.30. The molecule has 4 rings (SSSR count). The highest BCUT2D eigenvalue weighted by Crippen LogP contribution is 2.45. The van der Waals surface area contributed by atoms with Crippen LogP contribution in [0.4, 0.5) is 18.9 Å². The first-order chi connectivity index (χ1) is 16.7. The summed E-state index contributed by atoms with van der Waals surface area (Å²) >= 11 is 6.20. The van der Waals surface area contributed by atoms with E-state index in [9.17, 15) is 27.9 Å². The van der Waals surface area contributed by atoms with Crippen molar-refractivity contribution in [3.8, 4) is 11.5 Å². The molecule has 0 bridgehead atoms. The van der Waals surface area contributed by atoms with Gasteiger partial charge in [-0.3, -0.25) is 14.5 Å². The lowest BCUT2D eigenvalue weighted by molar-refractivity contribution is -0.132. The van der Waals surface area contributed by atoms with Gasteiger partial charge in [-0.2, -0.15) is 0 Å². The Labute approximate surface area is 202 Å². The van der Waals surface area contributed by atoms with Crippen LogP contribution in [-0.4, -0.2) is 31.0 Å². The first-order valence-corrected chi connectivity index (χ1v) is 10.5. The van der Waals surface area contributed by atoms with Crippen LogP contribution in [0.5, 0.6) is 11.5 Å². The number of anilines is 1. The fourth-order valence-corrected chi connectivity index (χ4v) is 4.14. The molecule has 3 aromatic carbocycles. The molecule has 1 amide bonds. The van der Waals surface area contributed by atoms with Gasteiger partial charge in [-0.25, -0.2) is 13.2 Å². The van der Waals surface area contributed by atoms with Crippen molar-refractivity contribution in [2.24, 2.45) is 0 Å². The van der Waals surface area contributed by atoms with E-state index in [1.165, 1.54) is 38.5 Å². The van der Waals surface area contributed by atoms with Gasteiger partial charge in [0.2, 0.25) is 0 Å². The van der Waals surface area contributed by atoms with E-state index in [4.69, 9.17) is 21.1 Å². The molecule has 1 aliphatic heterocycles. The van der Waals surface area contributed by atoms with Crippen LogP contribution >= 0.6 is 11.6 Å². The number of amides is 1. The fraction of sp³-hybridized carbons (Fsp3) is 0.120. The van der Waals surface area contributed by atoms with E-state index in [1.807, 2.05) is 0 Å². The van der Waals surface area contributed by atoms with Gasteiger partial charge < -0.3 is 14.6 Å². The normalized spacial score (nSPS) is 17.1. The summed E-state index contributed by atoms with van der Waals surface area (Å²) in [5.74, 6) is -5.24. The van der Waals surface area contributed by atoms with Crippen LogP contribution in [0.25, 0.3) is 5.76 Å². The maximum Gasteiger partial charge on any atom is 0.300 e. The molecule has 35 heavy (non-hydrogen) atoms. The molecule has 1 saturated heterocycles. The lowest BCUT2D eigenvalue weighted by Gasteiger charge is -2.26. The van der Waals surface area contributed by atoms with E-state index in [2.05, 4.69) is 0 Å². The number of aliphatic hydroxyl groups is 1. The van der Waals surface area contributed by atoms with Gasteiger partial charge in [-0.1, -0.05) is 23.7 Å². The van der Waals surface area contributed by atoms with Crippen LogP contribution in [0.3, 0.4) is 0 Å². The second-order valence-electron chi connectivity index (χ2n) is 7.50. The molecule has 0 radical (unpaired) electrons. The zero-order valence-corrected chi connectivity index (χ0v) is 19.1. The standard InChI is InChI=1S/C25H17ClF3NO5/c1-34-19-11-20(35-2)16(26)10-15(19)23(31)21-22(12-3-5-13(27)6-4-12)30(25(33)24(21)32)18-9-14(28)7-8-17(18)29/h3-11,22,31H,1-2H3/b23-21+. The number of ether oxygens (including phenoxy) is 2. The van der Waals surface area contributed by atoms with Gasteiger partial charge in [0.25, 0.3) is 11.7 Å². The minimum Gasteiger partial charge on any atom is -0.507 e. The second-order valence-corrected chi connectivity index (χ2v) is 7.91. The molecule has 0 aliphatic carbocycles. The molecular weight excluding hydrogens is 487 g/mol. The summed E-state index contributed by atoms with van der Waals surface area (Å²) in [6.45, 7) is 0. The van der Waals surface area contributed by atoms with E-state index in [0.29, 0.717) is 0 Å². The number of hydrogen-bond acceptors (Lipinski definition) is 5. The largest absolute Gasteiger partial charge is 0.507 e. The summed E-state index contributed by atoms with van der Waals surface area (Å²) in [7, 11) is 2.67. The minimum absolute atomic E-state index is 0.0527. The molecule has 180 valence electrons. The summed E-state index contributed by atoms with van der Waals surface area (Å²) in [5.41, 5.74) is -0.873. The zero-order chi connectivity index (χ0) is 25.4. The Morgan fingerprint density at radius 3 is 2.17 bits per heavy atom. The first-order valence-electron chi connectivity index (χ1n) is 10.1. The third-order valence-electron chi connectivity index (χ3n) is 5.53. The molecule has 0 spiro atoms. The number of nitrogens with zero attached hydrogens (tertiary/aromatic N) is 1. The smallest absolute Gasteiger partial charge is 0.300 e. The number of carbonyl (C=O) groups is 2. The number of carbonyl (C=O) groups excluding carboxylic acids is 2. The van der Waals surface area contributed by atoms with E-state index in [0.717, 1.165) is 35.2 Å². The number of rotatable bonds is 5. The highest BCUT2D eigenvalue weighted by atomic mass is 35.5. The SMILES string of the molecule is COc1cc(OC)c(/C(O)=C2\C(=O)C(=O)N(c3cc(F)ccc3F)C2c2ccc(F)cc2)cc1Cl. The average molecular weight is 504 g/mol. The third-order valence-corrected chi connectivity index (χ3v) is 5.82. The van der Waals surface area contributed by atoms with Crippen LogP contribution in [0.1, 0.15) is 17.2 Å². The zero-order valence-electron chi connectivity index (χ0n) is 18.3. The number of halogens is 4. The number of Topliss-reactive ketones (excluding diaryl/α,β-unsaturated/α-hetero) is 1. The van der Waals surface area contributed by atoms with Gasteiger partial charge in [0, 0.05) is 12.1 Å². The van der Waals surface area contributed by atoms with Crippen LogP contribution < -0.4 is 14.4 Å². The summed E-state index contributed by atoms with van der Waals surface area (Å²) in [6.07, 6.45) is 0. The van der Waals surface area contributed by atoms with E-state index < -0.39 is 52.2 Å². The Kier molecular flexibility index (Phi) is 6.45. The van der Waals surface area contributed by atoms with E-state index in [-0.39, 0.29) is 27.6 Å². The Bertz CT molecular complexity index is 1370. The quantitative estimate of drug-likeness (QED) is 0.286. The first kappa shape index (κ1) is 24.2. The van der Waals surface area contributed by atoms with Crippen molar-refractivity contribution in [1.82, 2.24) is 0 Å². The molecule has 3 aromatic rings. The highest BCUT2D eigenvalue weighted by Gasteiger charge is 2.48. The van der Waals surface area contributed by atoms with Crippen molar-refractivity contribution in [2.45, 2.75) is 6.04 Å². The molecule has 0 saturated carbocycles. The molecule has 6 nitrogen and oxygen atoms in total. The molecular formula is C25H17ClF3NO5. The number of ketones is 1. The summed E-state index contributed by atoms with van der Waals surface area (Å²) in [6, 6.07) is 8.30. The maximum absolute atomic E-state index is 14.7. The molecule has 10 heteroatoms. The Morgan fingerprint density at radius 1 is 0.914 bits per heavy atom. The minimum atomic E-state index is -1.42. The number of methoxy groups -OCH3 is 2. The van der Waals surface area contributed by atoms with Crippen molar-refractivity contribution >= 4 is 34.7 Å². The molecule has 1 heterocycles. The van der Waals surface area contributed by atoms with E-state index in [1.54, 1.807) is 0 Å². The monoisotopic (exact) mass is 503 g/mol. The maximum atomic E-state index is 14.7. The number of benzene rings is 3. The van der Waals surface area contributed by atoms with Crippen LogP contribution in [0.15, 0.2) is 60.2 Å². The van der Waals surface area contributed by atoms with Gasteiger partial charge in [-0.15, -0.1) is 0 Å². The number of hydrogen-bond donors (Lipinski definition) is 1. The Morgan fingerprint density at radius 2 is 1.54 bits per heavy atom. The predicted molar refractivity (Wildman–Crippen MR) is 122 cm³/mol. The molecule has 0 aromatic heterocycles. The summed E-state index contributed by atoms with van der Waals surface area (Å²) in [5, 5.41) is 11.3. The Balaban J connectivity index is 2.02.